The Balaban J connectivity index is 3.23. The molecule has 0 fully saturated rings. The molecule has 3 N–H and O–H groups in total. The second-order valence-electron chi connectivity index (χ2n) is 2.70. The van der Waals surface area contributed by atoms with Gasteiger partial charge in [0.1, 0.15) is 0 Å². The molecule has 0 aliphatic rings. The molecule has 0 radical (unpaired) electrons. The van der Waals surface area contributed by atoms with Crippen LogP contribution in [0.1, 0.15) is 15.9 Å². The first-order chi connectivity index (χ1) is 6.84. The molecule has 1 aromatic carbocycles. The molecule has 1 aromatic rings. The number of hydrazine groups is 1. The zero-order valence-corrected chi connectivity index (χ0v) is 8.82. The molecule has 0 bridgehead atoms. The third-order valence-electron chi connectivity index (χ3n) is 1.62. The number of nitrogens with one attached hydrogen (secondary N) is 1. The molecular formula is C8H6BrF3N2O. The van der Waals surface area contributed by atoms with E-state index < -0.39 is 17.6 Å². The van der Waals surface area contributed by atoms with Gasteiger partial charge >= 0.3 is 6.18 Å². The maximum absolute atomic E-state index is 12.3. The van der Waals surface area contributed by atoms with Gasteiger partial charge in [-0.1, -0.05) is 15.9 Å². The monoisotopic (exact) mass is 282 g/mol. The standard InChI is InChI=1S/C8H6BrF3N2O/c9-6-2-4(7(15)14-13)1-5(3-6)8(10,11)12/h1-3H,13H2,(H,14,15). The number of hydrogen-bond acceptors (Lipinski definition) is 2. The third-order valence-corrected chi connectivity index (χ3v) is 2.08. The number of carbonyl (C=O) groups is 1. The van der Waals surface area contributed by atoms with Gasteiger partial charge in [-0.2, -0.15) is 13.2 Å². The molecule has 7 heteroatoms. The Morgan fingerprint density at radius 2 is 1.93 bits per heavy atom. The van der Waals surface area contributed by atoms with Crippen molar-refractivity contribution in [2.75, 3.05) is 0 Å². The van der Waals surface area contributed by atoms with Gasteiger partial charge in [0, 0.05) is 10.0 Å². The molecule has 0 saturated carbocycles. The highest BCUT2D eigenvalue weighted by Gasteiger charge is 2.31. The van der Waals surface area contributed by atoms with Crippen LogP contribution in [0.15, 0.2) is 22.7 Å². The molecule has 0 aliphatic heterocycles. The summed E-state index contributed by atoms with van der Waals surface area (Å²) in [6.07, 6.45) is -4.49. The molecule has 15 heavy (non-hydrogen) atoms. The Labute approximate surface area is 91.5 Å². The summed E-state index contributed by atoms with van der Waals surface area (Å²) in [5.74, 6) is 4.04. The van der Waals surface area contributed by atoms with Crippen LogP contribution < -0.4 is 11.3 Å². The lowest BCUT2D eigenvalue weighted by molar-refractivity contribution is -0.137. The lowest BCUT2D eigenvalue weighted by Gasteiger charge is -2.09. The Kier molecular flexibility index (Phi) is 3.35. The summed E-state index contributed by atoms with van der Waals surface area (Å²) in [6.45, 7) is 0. The van der Waals surface area contributed by atoms with Crippen molar-refractivity contribution in [1.82, 2.24) is 5.43 Å². The maximum atomic E-state index is 12.3. The summed E-state index contributed by atoms with van der Waals surface area (Å²) in [5, 5.41) is 0. The van der Waals surface area contributed by atoms with Gasteiger partial charge in [-0.15, -0.1) is 0 Å². The van der Waals surface area contributed by atoms with Crippen LogP contribution in [0.25, 0.3) is 0 Å². The van der Waals surface area contributed by atoms with Crippen molar-refractivity contribution in [2.24, 2.45) is 5.84 Å². The lowest BCUT2D eigenvalue weighted by Crippen LogP contribution is -2.30. The molecule has 3 nitrogen and oxygen atoms in total. The van der Waals surface area contributed by atoms with Crippen molar-refractivity contribution in [3.05, 3.63) is 33.8 Å². The predicted molar refractivity (Wildman–Crippen MR) is 50.8 cm³/mol. The zero-order valence-electron chi connectivity index (χ0n) is 7.23. The Hall–Kier alpha value is -1.08. The summed E-state index contributed by atoms with van der Waals surface area (Å²) in [5.41, 5.74) is 0.700. The van der Waals surface area contributed by atoms with Crippen LogP contribution in [0, 0.1) is 0 Å². The molecule has 1 rings (SSSR count). The first-order valence-electron chi connectivity index (χ1n) is 3.73. The summed E-state index contributed by atoms with van der Waals surface area (Å²) >= 11 is 2.88. The fourth-order valence-corrected chi connectivity index (χ4v) is 1.46. The van der Waals surface area contributed by atoms with Gasteiger partial charge in [-0.05, 0) is 18.2 Å². The number of rotatable bonds is 1. The van der Waals surface area contributed by atoms with E-state index in [2.05, 4.69) is 15.9 Å². The fourth-order valence-electron chi connectivity index (χ4n) is 0.968. The van der Waals surface area contributed by atoms with E-state index in [-0.39, 0.29) is 10.0 Å². The normalized spacial score (nSPS) is 11.3. The van der Waals surface area contributed by atoms with Crippen LogP contribution in [-0.2, 0) is 6.18 Å². The van der Waals surface area contributed by atoms with Crippen LogP contribution in [0.5, 0.6) is 0 Å². The van der Waals surface area contributed by atoms with E-state index >= 15 is 0 Å². The van der Waals surface area contributed by atoms with E-state index in [1.807, 2.05) is 0 Å². The van der Waals surface area contributed by atoms with Gasteiger partial charge in [0.05, 0.1) is 5.56 Å². The van der Waals surface area contributed by atoms with E-state index in [1.54, 1.807) is 5.43 Å². The van der Waals surface area contributed by atoms with Crippen LogP contribution in [0.4, 0.5) is 13.2 Å². The molecule has 0 unspecified atom stereocenters. The van der Waals surface area contributed by atoms with E-state index in [1.165, 1.54) is 6.07 Å². The quantitative estimate of drug-likeness (QED) is 0.471. The number of halogens is 4. The van der Waals surface area contributed by atoms with Crippen LogP contribution >= 0.6 is 15.9 Å². The van der Waals surface area contributed by atoms with Crippen molar-refractivity contribution >= 4 is 21.8 Å². The largest absolute Gasteiger partial charge is 0.416 e. The molecule has 0 aliphatic carbocycles. The Morgan fingerprint density at radius 3 is 2.40 bits per heavy atom. The Morgan fingerprint density at radius 1 is 1.33 bits per heavy atom. The second-order valence-corrected chi connectivity index (χ2v) is 3.62. The second kappa shape index (κ2) is 4.19. The topological polar surface area (TPSA) is 55.1 Å². The third kappa shape index (κ3) is 2.93. The van der Waals surface area contributed by atoms with Crippen LogP contribution in [0.2, 0.25) is 0 Å². The maximum Gasteiger partial charge on any atom is 0.416 e. The van der Waals surface area contributed by atoms with Gasteiger partial charge in [-0.25, -0.2) is 5.84 Å². The number of benzene rings is 1. The smallest absolute Gasteiger partial charge is 0.290 e. The zero-order chi connectivity index (χ0) is 11.6. The molecule has 0 saturated heterocycles. The van der Waals surface area contributed by atoms with Crippen molar-refractivity contribution in [3.63, 3.8) is 0 Å². The van der Waals surface area contributed by atoms with Gasteiger partial charge in [0.15, 0.2) is 0 Å². The molecule has 1 amide bonds. The van der Waals surface area contributed by atoms with Gasteiger partial charge in [0.25, 0.3) is 5.91 Å². The number of nitrogen functional groups attached to an aromatic ring is 1. The summed E-state index contributed by atoms with van der Waals surface area (Å²) in [7, 11) is 0. The van der Waals surface area contributed by atoms with Crippen molar-refractivity contribution in [1.29, 1.82) is 0 Å². The summed E-state index contributed by atoms with van der Waals surface area (Å²) in [4.78, 5) is 11.0. The van der Waals surface area contributed by atoms with Crippen molar-refractivity contribution in [3.8, 4) is 0 Å². The number of carbonyl (C=O) groups excluding carboxylic acids is 1. The number of nitrogens with two attached hydrogens (primary N) is 1. The van der Waals surface area contributed by atoms with Crippen molar-refractivity contribution < 1.29 is 18.0 Å². The molecule has 0 aromatic heterocycles. The first-order valence-corrected chi connectivity index (χ1v) is 4.52. The minimum atomic E-state index is -4.49. The van der Waals surface area contributed by atoms with E-state index in [0.717, 1.165) is 12.1 Å². The van der Waals surface area contributed by atoms with E-state index in [0.29, 0.717) is 0 Å². The molecular weight excluding hydrogens is 277 g/mol. The molecule has 0 atom stereocenters. The average molecular weight is 283 g/mol. The fraction of sp³-hybridized carbons (Fsp3) is 0.125. The molecule has 0 heterocycles. The molecule has 82 valence electrons. The first kappa shape index (κ1) is 12.0. The summed E-state index contributed by atoms with van der Waals surface area (Å²) < 4.78 is 37.2. The average Bonchev–Trinajstić information content (AvgIpc) is 2.14. The minimum absolute atomic E-state index is 0.154. The molecule has 0 spiro atoms. The van der Waals surface area contributed by atoms with Gasteiger partial charge in [-0.3, -0.25) is 10.2 Å². The van der Waals surface area contributed by atoms with Crippen LogP contribution in [-0.4, -0.2) is 5.91 Å². The lowest BCUT2D eigenvalue weighted by atomic mass is 10.1. The predicted octanol–water partition coefficient (Wildman–Crippen LogP) is 2.07. The highest BCUT2D eigenvalue weighted by Crippen LogP contribution is 2.31. The number of amides is 1. The number of hydrogen-bond donors (Lipinski definition) is 2. The highest BCUT2D eigenvalue weighted by atomic mass is 79.9. The van der Waals surface area contributed by atoms with Gasteiger partial charge < -0.3 is 0 Å². The van der Waals surface area contributed by atoms with Crippen molar-refractivity contribution in [2.45, 2.75) is 6.18 Å². The van der Waals surface area contributed by atoms with E-state index in [4.69, 9.17) is 5.84 Å². The summed E-state index contributed by atoms with van der Waals surface area (Å²) in [6, 6.07) is 2.86. The Bertz CT molecular complexity index is 392. The SMILES string of the molecule is NNC(=O)c1cc(Br)cc(C(F)(F)F)c1. The minimum Gasteiger partial charge on any atom is -0.290 e. The van der Waals surface area contributed by atoms with E-state index in [9.17, 15) is 18.0 Å². The highest BCUT2D eigenvalue weighted by molar-refractivity contribution is 9.10. The van der Waals surface area contributed by atoms with Crippen LogP contribution in [0.3, 0.4) is 0 Å². The number of alkyl halides is 3. The van der Waals surface area contributed by atoms with Gasteiger partial charge in [0.2, 0.25) is 0 Å².